The standard InChI is InChI=1S/C20H19NO7/c1-24-15-6-3-13(17(10-15)25-2)4-8-20(23)26-11-19(22)21-14-5-7-16-18(9-14)28-12-27-16/h3-10H,11-12H2,1-2H3,(H,21,22). The number of carbonyl (C=O) groups excluding carboxylic acids is 2. The van der Waals surface area contributed by atoms with Gasteiger partial charge in [-0.15, -0.1) is 0 Å². The Labute approximate surface area is 161 Å². The highest BCUT2D eigenvalue weighted by molar-refractivity contribution is 5.95. The number of ether oxygens (including phenoxy) is 5. The molecule has 146 valence electrons. The van der Waals surface area contributed by atoms with Crippen LogP contribution >= 0.6 is 0 Å². The van der Waals surface area contributed by atoms with Crippen LogP contribution in [0.3, 0.4) is 0 Å². The van der Waals surface area contributed by atoms with Crippen LogP contribution in [0.4, 0.5) is 5.69 Å². The molecule has 1 heterocycles. The number of benzene rings is 2. The van der Waals surface area contributed by atoms with E-state index in [2.05, 4.69) is 5.32 Å². The van der Waals surface area contributed by atoms with Gasteiger partial charge in [-0.3, -0.25) is 4.79 Å². The molecule has 1 aliphatic rings. The summed E-state index contributed by atoms with van der Waals surface area (Å²) in [6, 6.07) is 10.2. The third-order valence-corrected chi connectivity index (χ3v) is 3.84. The summed E-state index contributed by atoms with van der Waals surface area (Å²) in [4.78, 5) is 23.8. The Morgan fingerprint density at radius 1 is 1.07 bits per heavy atom. The molecule has 1 N–H and O–H groups in total. The SMILES string of the molecule is COc1ccc(C=CC(=O)OCC(=O)Nc2ccc3c(c2)OCO3)c(OC)c1. The number of hydrogen-bond acceptors (Lipinski definition) is 7. The van der Waals surface area contributed by atoms with E-state index in [9.17, 15) is 9.59 Å². The third kappa shape index (κ3) is 4.73. The molecule has 0 spiro atoms. The molecule has 0 atom stereocenters. The van der Waals surface area contributed by atoms with Crippen molar-refractivity contribution < 1.29 is 33.3 Å². The number of carbonyl (C=O) groups is 2. The van der Waals surface area contributed by atoms with Crippen molar-refractivity contribution in [2.45, 2.75) is 0 Å². The average Bonchev–Trinajstić information content (AvgIpc) is 3.18. The molecule has 2 aromatic rings. The van der Waals surface area contributed by atoms with E-state index in [4.69, 9.17) is 23.7 Å². The highest BCUT2D eigenvalue weighted by atomic mass is 16.7. The lowest BCUT2D eigenvalue weighted by Gasteiger charge is -2.07. The van der Waals surface area contributed by atoms with Crippen LogP contribution in [-0.2, 0) is 14.3 Å². The minimum atomic E-state index is -0.654. The third-order valence-electron chi connectivity index (χ3n) is 3.84. The van der Waals surface area contributed by atoms with Gasteiger partial charge in [0.2, 0.25) is 6.79 Å². The molecule has 0 aromatic heterocycles. The number of rotatable bonds is 7. The van der Waals surface area contributed by atoms with Crippen LogP contribution < -0.4 is 24.3 Å². The van der Waals surface area contributed by atoms with E-state index >= 15 is 0 Å². The Kier molecular flexibility index (Phi) is 6.01. The van der Waals surface area contributed by atoms with Crippen molar-refractivity contribution in [3.8, 4) is 23.0 Å². The first-order valence-corrected chi connectivity index (χ1v) is 8.35. The molecule has 0 saturated carbocycles. The zero-order valence-electron chi connectivity index (χ0n) is 15.4. The molecule has 0 unspecified atom stereocenters. The van der Waals surface area contributed by atoms with Crippen molar-refractivity contribution in [1.82, 2.24) is 0 Å². The molecule has 8 heteroatoms. The molecular formula is C20H19NO7. The zero-order valence-corrected chi connectivity index (χ0v) is 15.4. The number of fused-ring (bicyclic) bond motifs is 1. The van der Waals surface area contributed by atoms with Crippen molar-refractivity contribution in [2.75, 3.05) is 32.9 Å². The summed E-state index contributed by atoms with van der Waals surface area (Å²) < 4.78 is 25.8. The van der Waals surface area contributed by atoms with Gasteiger partial charge in [-0.2, -0.15) is 0 Å². The molecule has 0 bridgehead atoms. The molecule has 0 fully saturated rings. The summed E-state index contributed by atoms with van der Waals surface area (Å²) in [6.07, 6.45) is 2.76. The van der Waals surface area contributed by atoms with Gasteiger partial charge in [0, 0.05) is 29.5 Å². The van der Waals surface area contributed by atoms with Gasteiger partial charge in [-0.05, 0) is 30.3 Å². The molecule has 0 radical (unpaired) electrons. The van der Waals surface area contributed by atoms with Gasteiger partial charge < -0.3 is 29.0 Å². The number of anilines is 1. The number of methoxy groups -OCH3 is 2. The fourth-order valence-corrected chi connectivity index (χ4v) is 2.47. The molecule has 0 aliphatic carbocycles. The lowest BCUT2D eigenvalue weighted by molar-refractivity contribution is -0.142. The maximum Gasteiger partial charge on any atom is 0.331 e. The van der Waals surface area contributed by atoms with Gasteiger partial charge in [0.25, 0.3) is 5.91 Å². The summed E-state index contributed by atoms with van der Waals surface area (Å²) in [5.74, 6) is 1.22. The van der Waals surface area contributed by atoms with Crippen LogP contribution in [0.2, 0.25) is 0 Å². The zero-order chi connectivity index (χ0) is 19.9. The normalized spacial score (nSPS) is 11.9. The van der Waals surface area contributed by atoms with Crippen molar-refractivity contribution in [2.24, 2.45) is 0 Å². The second-order valence-electron chi connectivity index (χ2n) is 5.67. The number of esters is 1. The topological polar surface area (TPSA) is 92.3 Å². The molecule has 0 saturated heterocycles. The minimum Gasteiger partial charge on any atom is -0.497 e. The van der Waals surface area contributed by atoms with Crippen LogP contribution in [0.15, 0.2) is 42.5 Å². The quantitative estimate of drug-likeness (QED) is 0.579. The maximum absolute atomic E-state index is 11.9. The second-order valence-corrected chi connectivity index (χ2v) is 5.67. The van der Waals surface area contributed by atoms with Crippen molar-refractivity contribution in [3.05, 3.63) is 48.0 Å². The summed E-state index contributed by atoms with van der Waals surface area (Å²) >= 11 is 0. The van der Waals surface area contributed by atoms with Crippen molar-refractivity contribution >= 4 is 23.6 Å². The molecule has 28 heavy (non-hydrogen) atoms. The highest BCUT2D eigenvalue weighted by Gasteiger charge is 2.14. The fourth-order valence-electron chi connectivity index (χ4n) is 2.47. The Morgan fingerprint density at radius 2 is 1.89 bits per heavy atom. The fraction of sp³-hybridized carbons (Fsp3) is 0.200. The summed E-state index contributed by atoms with van der Waals surface area (Å²) in [5, 5.41) is 2.62. The Balaban J connectivity index is 1.51. The van der Waals surface area contributed by atoms with Gasteiger partial charge in [0.1, 0.15) is 11.5 Å². The van der Waals surface area contributed by atoms with Crippen LogP contribution in [0, 0.1) is 0 Å². The van der Waals surface area contributed by atoms with Gasteiger partial charge in [0.15, 0.2) is 18.1 Å². The van der Waals surface area contributed by atoms with Gasteiger partial charge in [-0.25, -0.2) is 4.79 Å². The number of amides is 1. The maximum atomic E-state index is 11.9. The van der Waals surface area contributed by atoms with E-state index < -0.39 is 18.5 Å². The predicted octanol–water partition coefficient (Wildman–Crippen LogP) is 2.63. The molecule has 2 aromatic carbocycles. The number of nitrogens with one attached hydrogen (secondary N) is 1. The Morgan fingerprint density at radius 3 is 2.68 bits per heavy atom. The Hall–Kier alpha value is -3.68. The van der Waals surface area contributed by atoms with Crippen LogP contribution in [0.5, 0.6) is 23.0 Å². The average molecular weight is 385 g/mol. The van der Waals surface area contributed by atoms with E-state index in [-0.39, 0.29) is 6.79 Å². The van der Waals surface area contributed by atoms with Crippen LogP contribution in [0.25, 0.3) is 6.08 Å². The van der Waals surface area contributed by atoms with E-state index in [0.29, 0.717) is 34.2 Å². The lowest BCUT2D eigenvalue weighted by atomic mass is 10.2. The molecule has 1 amide bonds. The summed E-state index contributed by atoms with van der Waals surface area (Å²) in [6.45, 7) is -0.271. The largest absolute Gasteiger partial charge is 0.497 e. The second kappa shape index (κ2) is 8.81. The van der Waals surface area contributed by atoms with Crippen molar-refractivity contribution in [1.29, 1.82) is 0 Å². The van der Waals surface area contributed by atoms with Gasteiger partial charge >= 0.3 is 5.97 Å². The molecule has 3 rings (SSSR count). The monoisotopic (exact) mass is 385 g/mol. The molecule has 1 aliphatic heterocycles. The lowest BCUT2D eigenvalue weighted by Crippen LogP contribution is -2.20. The van der Waals surface area contributed by atoms with E-state index in [1.165, 1.54) is 19.3 Å². The first-order chi connectivity index (χ1) is 13.6. The summed E-state index contributed by atoms with van der Waals surface area (Å²) in [7, 11) is 3.07. The van der Waals surface area contributed by atoms with Gasteiger partial charge in [-0.1, -0.05) is 0 Å². The first-order valence-electron chi connectivity index (χ1n) is 8.35. The number of hydrogen-bond donors (Lipinski definition) is 1. The van der Waals surface area contributed by atoms with Crippen LogP contribution in [0.1, 0.15) is 5.56 Å². The highest BCUT2D eigenvalue weighted by Crippen LogP contribution is 2.34. The summed E-state index contributed by atoms with van der Waals surface area (Å²) in [5.41, 5.74) is 1.19. The smallest absolute Gasteiger partial charge is 0.331 e. The molecule has 8 nitrogen and oxygen atoms in total. The van der Waals surface area contributed by atoms with Crippen LogP contribution in [-0.4, -0.2) is 39.5 Å². The van der Waals surface area contributed by atoms with E-state index in [1.807, 2.05) is 0 Å². The minimum absolute atomic E-state index is 0.148. The molecular weight excluding hydrogens is 366 g/mol. The van der Waals surface area contributed by atoms with E-state index in [0.717, 1.165) is 0 Å². The first kappa shape index (κ1) is 19.1. The van der Waals surface area contributed by atoms with Crippen molar-refractivity contribution in [3.63, 3.8) is 0 Å². The van der Waals surface area contributed by atoms with E-state index in [1.54, 1.807) is 43.5 Å². The Bertz CT molecular complexity index is 907. The predicted molar refractivity (Wildman–Crippen MR) is 101 cm³/mol. The van der Waals surface area contributed by atoms with Gasteiger partial charge in [0.05, 0.1) is 14.2 Å².